The van der Waals surface area contributed by atoms with Crippen molar-refractivity contribution in [2.75, 3.05) is 33.1 Å². The number of thioether (sulfide) groups is 1. The molecule has 1 heterocycles. The SMILES string of the molecule is COCCNC(=O)CSC1=C(C#N)[C@H](c2ccc(C(=O)OC)cc2)CC(=O)N1. The van der Waals surface area contributed by atoms with Crippen LogP contribution in [0.3, 0.4) is 0 Å². The standard InChI is InChI=1S/C19H21N3O5S/c1-26-8-7-21-17(24)11-28-18-15(10-20)14(9-16(23)22-18)12-3-5-13(6-4-12)19(25)27-2/h3-6,14H,7-9,11H2,1-2H3,(H,21,24)(H,22,23)/t14-/m0/s1. The van der Waals surface area contributed by atoms with Crippen molar-refractivity contribution in [2.24, 2.45) is 0 Å². The van der Waals surface area contributed by atoms with Crippen molar-refractivity contribution in [3.8, 4) is 6.07 Å². The molecule has 1 aliphatic rings. The highest BCUT2D eigenvalue weighted by atomic mass is 32.2. The van der Waals surface area contributed by atoms with Gasteiger partial charge in [0, 0.05) is 26.0 Å². The summed E-state index contributed by atoms with van der Waals surface area (Å²) in [4.78, 5) is 35.6. The molecule has 1 aromatic carbocycles. The highest BCUT2D eigenvalue weighted by Crippen LogP contribution is 2.35. The van der Waals surface area contributed by atoms with Gasteiger partial charge in [0.15, 0.2) is 0 Å². The van der Waals surface area contributed by atoms with Crippen LogP contribution in [-0.4, -0.2) is 50.9 Å². The molecule has 28 heavy (non-hydrogen) atoms. The molecule has 148 valence electrons. The summed E-state index contributed by atoms with van der Waals surface area (Å²) in [5, 5.41) is 15.4. The molecule has 1 atom stereocenters. The van der Waals surface area contributed by atoms with Crippen molar-refractivity contribution in [3.05, 3.63) is 46.0 Å². The Morgan fingerprint density at radius 2 is 2.04 bits per heavy atom. The minimum absolute atomic E-state index is 0.0680. The zero-order valence-corrected chi connectivity index (χ0v) is 16.4. The van der Waals surface area contributed by atoms with Crippen LogP contribution < -0.4 is 10.6 Å². The molecule has 0 aliphatic carbocycles. The molecule has 0 saturated heterocycles. The van der Waals surface area contributed by atoms with Gasteiger partial charge in [0.1, 0.15) is 0 Å². The van der Waals surface area contributed by atoms with E-state index in [9.17, 15) is 19.6 Å². The Hall–Kier alpha value is -2.83. The predicted octanol–water partition coefficient (Wildman–Crippen LogP) is 1.31. The van der Waals surface area contributed by atoms with Gasteiger partial charge < -0.3 is 20.1 Å². The molecule has 0 radical (unpaired) electrons. The number of methoxy groups -OCH3 is 2. The van der Waals surface area contributed by atoms with E-state index in [0.29, 0.717) is 29.3 Å². The summed E-state index contributed by atoms with van der Waals surface area (Å²) >= 11 is 1.11. The molecule has 0 spiro atoms. The lowest BCUT2D eigenvalue weighted by Crippen LogP contribution is -2.33. The number of benzene rings is 1. The average Bonchev–Trinajstić information content (AvgIpc) is 2.71. The summed E-state index contributed by atoms with van der Waals surface area (Å²) in [6.07, 6.45) is 0.116. The molecule has 1 aliphatic heterocycles. The second kappa shape index (κ2) is 10.5. The highest BCUT2D eigenvalue weighted by molar-refractivity contribution is 8.03. The maximum absolute atomic E-state index is 12.1. The topological polar surface area (TPSA) is 118 Å². The number of esters is 1. The molecule has 2 amide bonds. The summed E-state index contributed by atoms with van der Waals surface area (Å²) in [5.41, 5.74) is 1.51. The second-order valence-corrected chi connectivity index (χ2v) is 6.89. The minimum Gasteiger partial charge on any atom is -0.465 e. The third-order valence-electron chi connectivity index (χ3n) is 4.07. The minimum atomic E-state index is -0.459. The zero-order valence-electron chi connectivity index (χ0n) is 15.6. The number of hydrogen-bond acceptors (Lipinski definition) is 7. The normalized spacial score (nSPS) is 16.2. The number of carbonyl (C=O) groups excluding carboxylic acids is 3. The molecule has 0 fully saturated rings. The molecule has 0 unspecified atom stereocenters. The van der Waals surface area contributed by atoms with Crippen molar-refractivity contribution in [1.82, 2.24) is 10.6 Å². The van der Waals surface area contributed by atoms with Gasteiger partial charge in [0.2, 0.25) is 11.8 Å². The Labute approximate surface area is 167 Å². The molecule has 8 nitrogen and oxygen atoms in total. The van der Waals surface area contributed by atoms with E-state index in [0.717, 1.165) is 17.3 Å². The fraction of sp³-hybridized carbons (Fsp3) is 0.368. The van der Waals surface area contributed by atoms with Crippen LogP contribution >= 0.6 is 11.8 Å². The van der Waals surface area contributed by atoms with Crippen LogP contribution in [0.5, 0.6) is 0 Å². The summed E-state index contributed by atoms with van der Waals surface area (Å²) in [5.74, 6) is -1.28. The molecule has 9 heteroatoms. The Bertz CT molecular complexity index is 814. The lowest BCUT2D eigenvalue weighted by atomic mass is 9.87. The summed E-state index contributed by atoms with van der Waals surface area (Å²) in [7, 11) is 2.84. The predicted molar refractivity (Wildman–Crippen MR) is 103 cm³/mol. The molecule has 1 aromatic rings. The fourth-order valence-corrected chi connectivity index (χ4v) is 3.58. The van der Waals surface area contributed by atoms with Gasteiger partial charge in [0.25, 0.3) is 0 Å². The van der Waals surface area contributed by atoms with Gasteiger partial charge in [-0.3, -0.25) is 9.59 Å². The Kier molecular flexibility index (Phi) is 8.04. The van der Waals surface area contributed by atoms with E-state index >= 15 is 0 Å². The van der Waals surface area contributed by atoms with E-state index in [4.69, 9.17) is 4.74 Å². The van der Waals surface area contributed by atoms with Gasteiger partial charge in [-0.25, -0.2) is 4.79 Å². The number of nitrogens with one attached hydrogen (secondary N) is 2. The van der Waals surface area contributed by atoms with Gasteiger partial charge in [-0.2, -0.15) is 5.26 Å². The molecule has 2 N–H and O–H groups in total. The van der Waals surface area contributed by atoms with Gasteiger partial charge >= 0.3 is 5.97 Å². The summed E-state index contributed by atoms with van der Waals surface area (Å²) < 4.78 is 9.54. The first-order valence-electron chi connectivity index (χ1n) is 8.51. The van der Waals surface area contributed by atoms with Crippen molar-refractivity contribution in [3.63, 3.8) is 0 Å². The van der Waals surface area contributed by atoms with E-state index < -0.39 is 11.9 Å². The Balaban J connectivity index is 2.16. The van der Waals surface area contributed by atoms with Crippen LogP contribution in [0.25, 0.3) is 0 Å². The third-order valence-corrected chi connectivity index (χ3v) is 5.08. The number of hydrogen-bond donors (Lipinski definition) is 2. The third kappa shape index (κ3) is 5.58. The van der Waals surface area contributed by atoms with E-state index in [1.54, 1.807) is 31.4 Å². The monoisotopic (exact) mass is 403 g/mol. The number of allylic oxidation sites excluding steroid dienone is 1. The van der Waals surface area contributed by atoms with Crippen molar-refractivity contribution in [1.29, 1.82) is 5.26 Å². The number of nitriles is 1. The van der Waals surface area contributed by atoms with E-state index in [1.165, 1.54) is 7.11 Å². The van der Waals surface area contributed by atoms with Gasteiger partial charge in [-0.15, -0.1) is 0 Å². The fourth-order valence-electron chi connectivity index (χ4n) is 2.67. The maximum Gasteiger partial charge on any atom is 0.337 e. The van der Waals surface area contributed by atoms with Crippen molar-refractivity contribution < 1.29 is 23.9 Å². The summed E-state index contributed by atoms with van der Waals surface area (Å²) in [6, 6.07) is 8.74. The van der Waals surface area contributed by atoms with Gasteiger partial charge in [0.05, 0.1) is 41.7 Å². The van der Waals surface area contributed by atoms with E-state index in [1.807, 2.05) is 0 Å². The van der Waals surface area contributed by atoms with Crippen LogP contribution in [0.2, 0.25) is 0 Å². The van der Waals surface area contributed by atoms with Crippen LogP contribution in [0.15, 0.2) is 34.9 Å². The van der Waals surface area contributed by atoms with Crippen LogP contribution in [0.4, 0.5) is 0 Å². The highest BCUT2D eigenvalue weighted by Gasteiger charge is 2.30. The number of amides is 2. The largest absolute Gasteiger partial charge is 0.465 e. The first kappa shape index (κ1) is 21.5. The van der Waals surface area contributed by atoms with Gasteiger partial charge in [-0.05, 0) is 17.7 Å². The van der Waals surface area contributed by atoms with Crippen molar-refractivity contribution >= 4 is 29.5 Å². The number of rotatable bonds is 8. The first-order chi connectivity index (χ1) is 13.5. The maximum atomic E-state index is 12.1. The van der Waals surface area contributed by atoms with Crippen LogP contribution in [-0.2, 0) is 19.1 Å². The molecular formula is C19H21N3O5S. The zero-order chi connectivity index (χ0) is 20.5. The molecule has 0 aromatic heterocycles. The van der Waals surface area contributed by atoms with Crippen LogP contribution in [0, 0.1) is 11.3 Å². The first-order valence-corrected chi connectivity index (χ1v) is 9.49. The van der Waals surface area contributed by atoms with E-state index in [2.05, 4.69) is 21.4 Å². The smallest absolute Gasteiger partial charge is 0.337 e. The second-order valence-electron chi connectivity index (χ2n) is 5.90. The Morgan fingerprint density at radius 3 is 2.64 bits per heavy atom. The Morgan fingerprint density at radius 1 is 1.32 bits per heavy atom. The molecule has 2 rings (SSSR count). The molecule has 0 bridgehead atoms. The number of carbonyl (C=O) groups is 3. The molecule has 0 saturated carbocycles. The van der Waals surface area contributed by atoms with Crippen LogP contribution in [0.1, 0.15) is 28.3 Å². The van der Waals surface area contributed by atoms with E-state index in [-0.39, 0.29) is 24.0 Å². The lowest BCUT2D eigenvalue weighted by Gasteiger charge is -2.25. The number of nitrogens with zero attached hydrogens (tertiary/aromatic N) is 1. The average molecular weight is 403 g/mol. The lowest BCUT2D eigenvalue weighted by molar-refractivity contribution is -0.121. The number of ether oxygens (including phenoxy) is 2. The van der Waals surface area contributed by atoms with Crippen molar-refractivity contribution in [2.45, 2.75) is 12.3 Å². The quantitative estimate of drug-likeness (QED) is 0.496. The van der Waals surface area contributed by atoms with Gasteiger partial charge in [-0.1, -0.05) is 23.9 Å². The summed E-state index contributed by atoms with van der Waals surface area (Å²) in [6.45, 7) is 0.796. The molecular weight excluding hydrogens is 382 g/mol.